The van der Waals surface area contributed by atoms with Gasteiger partial charge in [-0.25, -0.2) is 9.67 Å². The van der Waals surface area contributed by atoms with Crippen molar-refractivity contribution in [2.45, 2.75) is 31.8 Å². The highest BCUT2D eigenvalue weighted by Crippen LogP contribution is 2.39. The number of nitrogens with zero attached hydrogens (tertiary/aromatic N) is 4. The largest absolute Gasteiger partial charge is 0.467 e. The Balaban J connectivity index is 1.50. The number of carbonyl (C=O) groups is 1. The number of para-hydroxylation sites is 1. The summed E-state index contributed by atoms with van der Waals surface area (Å²) in [6.45, 7) is 0.200. The third-order valence-electron chi connectivity index (χ3n) is 5.00. The molecule has 1 fully saturated rings. The Morgan fingerprint density at radius 1 is 1.17 bits per heavy atom. The molecule has 0 spiro atoms. The van der Waals surface area contributed by atoms with E-state index in [0.717, 1.165) is 18.5 Å². The Morgan fingerprint density at radius 2 is 2.00 bits per heavy atom. The van der Waals surface area contributed by atoms with Crippen LogP contribution in [0, 0.1) is 0 Å². The van der Waals surface area contributed by atoms with Crippen LogP contribution in [0.15, 0.2) is 64.1 Å². The molecule has 146 valence electrons. The molecule has 0 unspecified atom stereocenters. The number of amides is 1. The van der Waals surface area contributed by atoms with Crippen molar-refractivity contribution in [3.05, 3.63) is 76.9 Å². The van der Waals surface area contributed by atoms with E-state index < -0.39 is 0 Å². The van der Waals surface area contributed by atoms with E-state index in [-0.39, 0.29) is 30.5 Å². The van der Waals surface area contributed by atoms with E-state index in [0.29, 0.717) is 22.6 Å². The van der Waals surface area contributed by atoms with Crippen molar-refractivity contribution in [2.75, 3.05) is 0 Å². The molecule has 1 amide bonds. The van der Waals surface area contributed by atoms with Gasteiger partial charge in [0.2, 0.25) is 5.91 Å². The molecule has 3 aromatic heterocycles. The Labute approximate surface area is 165 Å². The molecule has 8 nitrogen and oxygen atoms in total. The van der Waals surface area contributed by atoms with Crippen molar-refractivity contribution in [1.29, 1.82) is 0 Å². The maximum atomic E-state index is 13.2. The van der Waals surface area contributed by atoms with Crippen molar-refractivity contribution < 1.29 is 9.21 Å². The Morgan fingerprint density at radius 3 is 2.72 bits per heavy atom. The Hall–Kier alpha value is -3.68. The van der Waals surface area contributed by atoms with Gasteiger partial charge in [-0.3, -0.25) is 14.2 Å². The zero-order valence-corrected chi connectivity index (χ0v) is 15.6. The first-order chi connectivity index (χ1) is 14.2. The Bertz CT molecular complexity index is 1220. The monoisotopic (exact) mass is 389 g/mol. The van der Waals surface area contributed by atoms with Crippen LogP contribution in [0.1, 0.15) is 30.3 Å². The summed E-state index contributed by atoms with van der Waals surface area (Å²) in [4.78, 5) is 30.4. The number of carbonyl (C=O) groups excluding carboxylic acids is 1. The van der Waals surface area contributed by atoms with Gasteiger partial charge in [0, 0.05) is 5.92 Å². The van der Waals surface area contributed by atoms with Crippen LogP contribution < -0.4 is 10.9 Å². The van der Waals surface area contributed by atoms with Gasteiger partial charge < -0.3 is 9.73 Å². The molecule has 5 rings (SSSR count). The van der Waals surface area contributed by atoms with Crippen LogP contribution in [0.5, 0.6) is 0 Å². The summed E-state index contributed by atoms with van der Waals surface area (Å²) in [5, 5.41) is 7.55. The number of hydrogen-bond acceptors (Lipinski definition) is 5. The van der Waals surface area contributed by atoms with Crippen molar-refractivity contribution in [1.82, 2.24) is 24.6 Å². The van der Waals surface area contributed by atoms with Gasteiger partial charge in [0.15, 0.2) is 5.65 Å². The highest BCUT2D eigenvalue weighted by Gasteiger charge is 2.31. The quantitative estimate of drug-likeness (QED) is 0.546. The van der Waals surface area contributed by atoms with E-state index in [9.17, 15) is 9.59 Å². The molecule has 1 aromatic carbocycles. The van der Waals surface area contributed by atoms with Gasteiger partial charge in [-0.15, -0.1) is 0 Å². The summed E-state index contributed by atoms with van der Waals surface area (Å²) < 4.78 is 8.38. The number of hydrogen-bond donors (Lipinski definition) is 1. The fraction of sp³-hybridized carbons (Fsp3) is 0.238. The van der Waals surface area contributed by atoms with Crippen LogP contribution in [-0.4, -0.2) is 25.2 Å². The smallest absolute Gasteiger partial charge is 0.265 e. The van der Waals surface area contributed by atoms with Crippen LogP contribution in [0.3, 0.4) is 0 Å². The van der Waals surface area contributed by atoms with E-state index in [1.165, 1.54) is 10.8 Å². The fourth-order valence-electron chi connectivity index (χ4n) is 3.38. The summed E-state index contributed by atoms with van der Waals surface area (Å²) >= 11 is 0. The van der Waals surface area contributed by atoms with Crippen molar-refractivity contribution >= 4 is 16.9 Å². The first-order valence-corrected chi connectivity index (χ1v) is 9.53. The standard InChI is InChI=1S/C21H19N5O3/c27-18(22-11-16-7-4-10-29-16)13-25-19(14-8-9-14)24-20-17(21(25)28)12-23-26(20)15-5-2-1-3-6-15/h1-7,10,12,14H,8-9,11,13H2,(H,22,27). The lowest BCUT2D eigenvalue weighted by Crippen LogP contribution is -2.34. The second-order valence-electron chi connectivity index (χ2n) is 7.12. The third-order valence-corrected chi connectivity index (χ3v) is 5.00. The van der Waals surface area contributed by atoms with Gasteiger partial charge in [0.25, 0.3) is 5.56 Å². The first-order valence-electron chi connectivity index (χ1n) is 9.53. The van der Waals surface area contributed by atoms with Gasteiger partial charge in [-0.05, 0) is 37.1 Å². The molecule has 0 bridgehead atoms. The molecule has 1 aliphatic rings. The van der Waals surface area contributed by atoms with Crippen molar-refractivity contribution in [3.63, 3.8) is 0 Å². The lowest BCUT2D eigenvalue weighted by Gasteiger charge is -2.12. The van der Waals surface area contributed by atoms with Crippen molar-refractivity contribution in [2.24, 2.45) is 0 Å². The molecular weight excluding hydrogens is 370 g/mol. The molecule has 0 saturated heterocycles. The second-order valence-corrected chi connectivity index (χ2v) is 7.12. The predicted molar refractivity (Wildman–Crippen MR) is 106 cm³/mol. The summed E-state index contributed by atoms with van der Waals surface area (Å²) in [7, 11) is 0. The van der Waals surface area contributed by atoms with Gasteiger partial charge in [-0.2, -0.15) is 5.10 Å². The number of furan rings is 1. The zero-order valence-electron chi connectivity index (χ0n) is 15.6. The van der Waals surface area contributed by atoms with Crippen LogP contribution in [0.2, 0.25) is 0 Å². The molecule has 8 heteroatoms. The van der Waals surface area contributed by atoms with E-state index >= 15 is 0 Å². The number of benzene rings is 1. The molecule has 1 N–H and O–H groups in total. The molecule has 4 aromatic rings. The summed E-state index contributed by atoms with van der Waals surface area (Å²) in [6, 6.07) is 13.1. The lowest BCUT2D eigenvalue weighted by molar-refractivity contribution is -0.122. The highest BCUT2D eigenvalue weighted by atomic mass is 16.3. The third kappa shape index (κ3) is 3.33. The number of rotatable bonds is 6. The molecule has 1 saturated carbocycles. The van der Waals surface area contributed by atoms with Gasteiger partial charge in [0.1, 0.15) is 23.5 Å². The minimum absolute atomic E-state index is 0.0785. The molecule has 29 heavy (non-hydrogen) atoms. The first kappa shape index (κ1) is 17.4. The van der Waals surface area contributed by atoms with Crippen LogP contribution in [0.25, 0.3) is 16.7 Å². The highest BCUT2D eigenvalue weighted by molar-refractivity contribution is 5.78. The predicted octanol–water partition coefficient (Wildman–Crippen LogP) is 2.37. The van der Waals surface area contributed by atoms with E-state index in [4.69, 9.17) is 9.40 Å². The van der Waals surface area contributed by atoms with Crippen LogP contribution in [0.4, 0.5) is 0 Å². The maximum absolute atomic E-state index is 13.2. The number of aromatic nitrogens is 4. The molecule has 3 heterocycles. The normalized spacial score (nSPS) is 13.7. The second kappa shape index (κ2) is 7.05. The molecule has 0 radical (unpaired) electrons. The fourth-order valence-corrected chi connectivity index (χ4v) is 3.38. The van der Waals surface area contributed by atoms with Crippen molar-refractivity contribution in [3.8, 4) is 5.69 Å². The van der Waals surface area contributed by atoms with Crippen LogP contribution >= 0.6 is 0 Å². The topological polar surface area (TPSA) is 95.0 Å². The number of fused-ring (bicyclic) bond motifs is 1. The lowest BCUT2D eigenvalue weighted by atomic mass is 10.3. The van der Waals surface area contributed by atoms with E-state index in [1.54, 1.807) is 23.1 Å². The molecular formula is C21H19N5O3. The van der Waals surface area contributed by atoms with Gasteiger partial charge in [-0.1, -0.05) is 18.2 Å². The van der Waals surface area contributed by atoms with E-state index in [2.05, 4.69) is 10.4 Å². The maximum Gasteiger partial charge on any atom is 0.265 e. The van der Waals surface area contributed by atoms with E-state index in [1.807, 2.05) is 30.3 Å². The van der Waals surface area contributed by atoms with Crippen LogP contribution in [-0.2, 0) is 17.9 Å². The van der Waals surface area contributed by atoms with Gasteiger partial charge >= 0.3 is 0 Å². The molecule has 1 aliphatic carbocycles. The minimum atomic E-state index is -0.262. The zero-order chi connectivity index (χ0) is 19.8. The Kier molecular flexibility index (Phi) is 4.23. The minimum Gasteiger partial charge on any atom is -0.467 e. The molecule has 0 atom stereocenters. The summed E-state index contributed by atoms with van der Waals surface area (Å²) in [5.41, 5.74) is 1.12. The average molecular weight is 389 g/mol. The molecule has 0 aliphatic heterocycles. The summed E-state index contributed by atoms with van der Waals surface area (Å²) in [5.74, 6) is 1.24. The average Bonchev–Trinajstić information content (AvgIpc) is 3.28. The summed E-state index contributed by atoms with van der Waals surface area (Å²) in [6.07, 6.45) is 5.00. The van der Waals surface area contributed by atoms with Gasteiger partial charge in [0.05, 0.1) is 24.7 Å². The SMILES string of the molecule is O=C(Cn1c(C2CC2)nc2c(cnn2-c2ccccc2)c1=O)NCc1ccco1. The number of nitrogens with one attached hydrogen (secondary N) is 1.